The van der Waals surface area contributed by atoms with E-state index in [0.29, 0.717) is 25.2 Å². The SMILES string of the molecule is CC(C)(C)C(O)C(CCCOCCc1ccccc1F)n1cncn1. The van der Waals surface area contributed by atoms with E-state index in [1.54, 1.807) is 23.1 Å². The molecule has 2 aromatic rings. The fourth-order valence-corrected chi connectivity index (χ4v) is 2.78. The van der Waals surface area contributed by atoms with E-state index in [9.17, 15) is 9.50 Å². The molecular weight excluding hydrogens is 321 g/mol. The first-order valence-corrected chi connectivity index (χ1v) is 8.73. The van der Waals surface area contributed by atoms with Crippen LogP contribution in [-0.4, -0.2) is 39.2 Å². The molecule has 1 heterocycles. The first-order valence-electron chi connectivity index (χ1n) is 8.73. The van der Waals surface area contributed by atoms with Crippen LogP contribution in [-0.2, 0) is 11.2 Å². The van der Waals surface area contributed by atoms with Crippen molar-refractivity contribution in [3.63, 3.8) is 0 Å². The molecule has 1 N–H and O–H groups in total. The van der Waals surface area contributed by atoms with Crippen LogP contribution in [0.2, 0.25) is 0 Å². The maximum absolute atomic E-state index is 13.5. The number of halogens is 1. The van der Waals surface area contributed by atoms with Crippen molar-refractivity contribution in [1.82, 2.24) is 14.8 Å². The second-order valence-corrected chi connectivity index (χ2v) is 7.35. The molecule has 0 saturated carbocycles. The van der Waals surface area contributed by atoms with E-state index in [4.69, 9.17) is 4.74 Å². The summed E-state index contributed by atoms with van der Waals surface area (Å²) in [6.07, 6.45) is 4.67. The highest BCUT2D eigenvalue weighted by atomic mass is 19.1. The molecule has 0 saturated heterocycles. The number of hydrogen-bond acceptors (Lipinski definition) is 4. The molecule has 2 atom stereocenters. The molecule has 0 spiro atoms. The molecule has 0 aliphatic carbocycles. The first-order chi connectivity index (χ1) is 11.9. The average molecular weight is 349 g/mol. The third-order valence-corrected chi connectivity index (χ3v) is 4.29. The smallest absolute Gasteiger partial charge is 0.137 e. The molecule has 0 fully saturated rings. The molecule has 1 aromatic heterocycles. The van der Waals surface area contributed by atoms with Crippen LogP contribution < -0.4 is 0 Å². The van der Waals surface area contributed by atoms with Gasteiger partial charge in [0.1, 0.15) is 18.5 Å². The number of aromatic nitrogens is 3. The summed E-state index contributed by atoms with van der Waals surface area (Å²) >= 11 is 0. The normalized spacial score (nSPS) is 14.4. The van der Waals surface area contributed by atoms with Crippen LogP contribution in [0.3, 0.4) is 0 Å². The van der Waals surface area contributed by atoms with Gasteiger partial charge in [-0.1, -0.05) is 39.0 Å². The molecule has 0 aliphatic rings. The molecule has 25 heavy (non-hydrogen) atoms. The Hall–Kier alpha value is -1.79. The Kier molecular flexibility index (Phi) is 7.08. The Morgan fingerprint density at radius 2 is 2.00 bits per heavy atom. The van der Waals surface area contributed by atoms with E-state index in [-0.39, 0.29) is 17.3 Å². The molecule has 0 bridgehead atoms. The van der Waals surface area contributed by atoms with Crippen molar-refractivity contribution in [3.05, 3.63) is 48.3 Å². The summed E-state index contributed by atoms with van der Waals surface area (Å²) in [4.78, 5) is 3.98. The predicted molar refractivity (Wildman–Crippen MR) is 94.7 cm³/mol. The standard InChI is InChI=1S/C19H28FN3O2/c1-19(2,3)18(24)17(23-14-21-13-22-23)9-6-11-25-12-10-15-7-4-5-8-16(15)20/h4-5,7-8,13-14,17-18,24H,6,9-12H2,1-3H3. The van der Waals surface area contributed by atoms with Crippen LogP contribution in [0, 0.1) is 11.2 Å². The number of hydrogen-bond donors (Lipinski definition) is 1. The van der Waals surface area contributed by atoms with Crippen LogP contribution in [0.1, 0.15) is 45.2 Å². The van der Waals surface area contributed by atoms with Crippen LogP contribution >= 0.6 is 0 Å². The number of nitrogens with zero attached hydrogens (tertiary/aromatic N) is 3. The van der Waals surface area contributed by atoms with Gasteiger partial charge in [0.15, 0.2) is 0 Å². The molecule has 0 aliphatic heterocycles. The Morgan fingerprint density at radius 1 is 1.24 bits per heavy atom. The fraction of sp³-hybridized carbons (Fsp3) is 0.579. The van der Waals surface area contributed by atoms with Gasteiger partial charge in [-0.05, 0) is 36.3 Å². The highest BCUT2D eigenvalue weighted by Crippen LogP contribution is 2.30. The summed E-state index contributed by atoms with van der Waals surface area (Å²) in [7, 11) is 0. The van der Waals surface area contributed by atoms with Gasteiger partial charge in [-0.2, -0.15) is 5.10 Å². The van der Waals surface area contributed by atoms with Gasteiger partial charge in [0.05, 0.1) is 18.8 Å². The van der Waals surface area contributed by atoms with Crippen molar-refractivity contribution in [3.8, 4) is 0 Å². The number of benzene rings is 1. The number of rotatable bonds is 9. The molecule has 2 rings (SSSR count). The fourth-order valence-electron chi connectivity index (χ4n) is 2.78. The molecule has 6 heteroatoms. The lowest BCUT2D eigenvalue weighted by atomic mass is 9.83. The van der Waals surface area contributed by atoms with E-state index in [2.05, 4.69) is 10.1 Å². The number of aliphatic hydroxyl groups excluding tert-OH is 1. The quantitative estimate of drug-likeness (QED) is 0.705. The van der Waals surface area contributed by atoms with Crippen LogP contribution in [0.25, 0.3) is 0 Å². The van der Waals surface area contributed by atoms with E-state index in [1.807, 2.05) is 26.8 Å². The van der Waals surface area contributed by atoms with E-state index >= 15 is 0 Å². The third-order valence-electron chi connectivity index (χ3n) is 4.29. The lowest BCUT2D eigenvalue weighted by Gasteiger charge is -2.33. The Morgan fingerprint density at radius 3 is 2.64 bits per heavy atom. The van der Waals surface area contributed by atoms with Crippen molar-refractivity contribution >= 4 is 0 Å². The third kappa shape index (κ3) is 5.90. The monoisotopic (exact) mass is 349 g/mol. The molecule has 0 radical (unpaired) electrons. The maximum atomic E-state index is 13.5. The number of ether oxygens (including phenoxy) is 1. The van der Waals surface area contributed by atoms with Gasteiger partial charge in [0, 0.05) is 6.61 Å². The molecule has 1 aromatic carbocycles. The van der Waals surface area contributed by atoms with Crippen molar-refractivity contribution in [1.29, 1.82) is 0 Å². The van der Waals surface area contributed by atoms with Gasteiger partial charge >= 0.3 is 0 Å². The van der Waals surface area contributed by atoms with E-state index in [1.165, 1.54) is 12.4 Å². The molecular formula is C19H28FN3O2. The van der Waals surface area contributed by atoms with E-state index < -0.39 is 6.10 Å². The summed E-state index contributed by atoms with van der Waals surface area (Å²) in [5.74, 6) is -0.189. The zero-order valence-corrected chi connectivity index (χ0v) is 15.2. The highest BCUT2D eigenvalue weighted by molar-refractivity contribution is 5.17. The van der Waals surface area contributed by atoms with Crippen LogP contribution in [0.4, 0.5) is 4.39 Å². The Labute approximate surface area is 148 Å². The summed E-state index contributed by atoms with van der Waals surface area (Å²) in [6.45, 7) is 7.07. The molecule has 0 amide bonds. The molecule has 5 nitrogen and oxygen atoms in total. The van der Waals surface area contributed by atoms with Gasteiger partial charge in [-0.3, -0.25) is 0 Å². The second-order valence-electron chi connectivity index (χ2n) is 7.35. The minimum Gasteiger partial charge on any atom is -0.390 e. The first kappa shape index (κ1) is 19.5. The summed E-state index contributed by atoms with van der Waals surface area (Å²) in [5, 5.41) is 14.8. The summed E-state index contributed by atoms with van der Waals surface area (Å²) in [5.41, 5.74) is 0.425. The maximum Gasteiger partial charge on any atom is 0.137 e. The minimum absolute atomic E-state index is 0.141. The lowest BCUT2D eigenvalue weighted by Crippen LogP contribution is -2.36. The van der Waals surface area contributed by atoms with Gasteiger partial charge in [-0.25, -0.2) is 14.1 Å². The lowest BCUT2D eigenvalue weighted by molar-refractivity contribution is 0.00553. The Balaban J connectivity index is 1.77. The number of aliphatic hydroxyl groups is 1. The second kappa shape index (κ2) is 9.06. The minimum atomic E-state index is -0.535. The molecule has 138 valence electrons. The summed E-state index contributed by atoms with van der Waals surface area (Å²) < 4.78 is 20.9. The highest BCUT2D eigenvalue weighted by Gasteiger charge is 2.31. The van der Waals surface area contributed by atoms with Gasteiger partial charge < -0.3 is 9.84 Å². The molecule has 2 unspecified atom stereocenters. The van der Waals surface area contributed by atoms with Crippen molar-refractivity contribution in [2.24, 2.45) is 5.41 Å². The van der Waals surface area contributed by atoms with Crippen molar-refractivity contribution < 1.29 is 14.2 Å². The Bertz CT molecular complexity index is 626. The van der Waals surface area contributed by atoms with Crippen molar-refractivity contribution in [2.45, 2.75) is 52.2 Å². The van der Waals surface area contributed by atoms with Gasteiger partial charge in [0.25, 0.3) is 0 Å². The van der Waals surface area contributed by atoms with E-state index in [0.717, 1.165) is 12.8 Å². The van der Waals surface area contributed by atoms with Crippen molar-refractivity contribution in [2.75, 3.05) is 13.2 Å². The topological polar surface area (TPSA) is 60.2 Å². The van der Waals surface area contributed by atoms with Crippen LogP contribution in [0.15, 0.2) is 36.9 Å². The van der Waals surface area contributed by atoms with Gasteiger partial charge in [-0.15, -0.1) is 0 Å². The zero-order valence-electron chi connectivity index (χ0n) is 15.2. The van der Waals surface area contributed by atoms with Crippen LogP contribution in [0.5, 0.6) is 0 Å². The largest absolute Gasteiger partial charge is 0.390 e. The zero-order chi connectivity index (χ0) is 18.3. The average Bonchev–Trinajstić information content (AvgIpc) is 3.08. The van der Waals surface area contributed by atoms with Gasteiger partial charge in [0.2, 0.25) is 0 Å². The predicted octanol–water partition coefficient (Wildman–Crippen LogP) is 3.40. The summed E-state index contributed by atoms with van der Waals surface area (Å²) in [6, 6.07) is 6.61.